The van der Waals surface area contributed by atoms with Crippen LogP contribution in [-0.4, -0.2) is 27.9 Å². The molecule has 4 aromatic carbocycles. The van der Waals surface area contributed by atoms with Crippen molar-refractivity contribution in [3.05, 3.63) is 114 Å². The first-order chi connectivity index (χ1) is 16.9. The van der Waals surface area contributed by atoms with E-state index in [2.05, 4.69) is 16.0 Å². The first kappa shape index (κ1) is 23.1. The van der Waals surface area contributed by atoms with Crippen molar-refractivity contribution in [1.29, 1.82) is 0 Å². The third kappa shape index (κ3) is 5.63. The fourth-order valence-corrected chi connectivity index (χ4v) is 3.27. The molecule has 35 heavy (non-hydrogen) atoms. The number of rotatable bonds is 6. The maximum absolute atomic E-state index is 12.6. The molecule has 0 fully saturated rings. The van der Waals surface area contributed by atoms with Crippen molar-refractivity contribution < 1.29 is 24.6 Å². The number of phenols is 2. The molecule has 0 aliphatic carbocycles. The number of phenolic OH excluding ortho intramolecular Hbond substituents is 2. The molecular formula is C27H21N3O5. The normalized spacial score (nSPS) is 10.3. The Labute approximate surface area is 200 Å². The van der Waals surface area contributed by atoms with E-state index in [-0.39, 0.29) is 28.5 Å². The average Bonchev–Trinajstić information content (AvgIpc) is 2.86. The molecule has 0 heterocycles. The van der Waals surface area contributed by atoms with Crippen molar-refractivity contribution in [2.75, 3.05) is 16.0 Å². The van der Waals surface area contributed by atoms with E-state index in [9.17, 15) is 24.6 Å². The highest BCUT2D eigenvalue weighted by atomic mass is 16.3. The summed E-state index contributed by atoms with van der Waals surface area (Å²) < 4.78 is 0. The number of carbonyl (C=O) groups excluding carboxylic acids is 3. The van der Waals surface area contributed by atoms with E-state index in [4.69, 9.17) is 0 Å². The molecule has 0 bridgehead atoms. The predicted octanol–water partition coefficient (Wildman–Crippen LogP) is 4.85. The van der Waals surface area contributed by atoms with Crippen LogP contribution in [0.15, 0.2) is 97.1 Å². The van der Waals surface area contributed by atoms with Gasteiger partial charge in [-0.25, -0.2) is 0 Å². The summed E-state index contributed by atoms with van der Waals surface area (Å²) in [5.41, 5.74) is 2.18. The minimum absolute atomic E-state index is 0.113. The number of benzene rings is 4. The van der Waals surface area contributed by atoms with E-state index in [0.29, 0.717) is 22.6 Å². The summed E-state index contributed by atoms with van der Waals surface area (Å²) in [6.07, 6.45) is 0. The van der Waals surface area contributed by atoms with Gasteiger partial charge >= 0.3 is 0 Å². The number of hydrogen-bond acceptors (Lipinski definition) is 5. The zero-order chi connectivity index (χ0) is 24.8. The Morgan fingerprint density at radius 3 is 1.20 bits per heavy atom. The molecular weight excluding hydrogens is 446 g/mol. The lowest BCUT2D eigenvalue weighted by atomic mass is 10.1. The predicted molar refractivity (Wildman–Crippen MR) is 133 cm³/mol. The van der Waals surface area contributed by atoms with E-state index in [0.717, 1.165) is 0 Å². The van der Waals surface area contributed by atoms with Gasteiger partial charge in [-0.3, -0.25) is 14.4 Å². The second kappa shape index (κ2) is 10.2. The van der Waals surface area contributed by atoms with Crippen LogP contribution in [0, 0.1) is 0 Å². The van der Waals surface area contributed by atoms with Gasteiger partial charge in [0.15, 0.2) is 0 Å². The number of hydrogen-bond donors (Lipinski definition) is 5. The van der Waals surface area contributed by atoms with Gasteiger partial charge in [0, 0.05) is 22.6 Å². The number of aromatic hydroxyl groups is 2. The van der Waals surface area contributed by atoms with Crippen LogP contribution in [0.3, 0.4) is 0 Å². The van der Waals surface area contributed by atoms with E-state index in [1.54, 1.807) is 72.8 Å². The summed E-state index contributed by atoms with van der Waals surface area (Å²) in [4.78, 5) is 37.2. The first-order valence-electron chi connectivity index (χ1n) is 10.6. The van der Waals surface area contributed by atoms with Crippen molar-refractivity contribution >= 4 is 34.8 Å². The van der Waals surface area contributed by atoms with Gasteiger partial charge in [0.25, 0.3) is 17.7 Å². The molecule has 5 N–H and O–H groups in total. The molecule has 8 nitrogen and oxygen atoms in total. The van der Waals surface area contributed by atoms with Gasteiger partial charge in [0.1, 0.15) is 11.5 Å². The highest BCUT2D eigenvalue weighted by Gasteiger charge is 2.13. The maximum atomic E-state index is 12.6. The molecule has 4 aromatic rings. The fraction of sp³-hybridized carbons (Fsp3) is 0. The smallest absolute Gasteiger partial charge is 0.259 e. The van der Waals surface area contributed by atoms with Crippen LogP contribution < -0.4 is 16.0 Å². The minimum Gasteiger partial charge on any atom is -0.507 e. The largest absolute Gasteiger partial charge is 0.507 e. The second-order valence-electron chi connectivity index (χ2n) is 7.55. The molecule has 4 rings (SSSR count). The number of para-hydroxylation sites is 2. The molecule has 0 aliphatic rings. The molecule has 3 amide bonds. The van der Waals surface area contributed by atoms with Gasteiger partial charge in [-0.1, -0.05) is 24.3 Å². The summed E-state index contributed by atoms with van der Waals surface area (Å²) in [6.45, 7) is 0. The Bertz CT molecular complexity index is 1380. The van der Waals surface area contributed by atoms with Gasteiger partial charge in [-0.05, 0) is 72.8 Å². The van der Waals surface area contributed by atoms with Crippen LogP contribution in [0.1, 0.15) is 31.1 Å². The monoisotopic (exact) mass is 467 g/mol. The molecule has 0 radical (unpaired) electrons. The Balaban J connectivity index is 1.34. The molecule has 0 saturated carbocycles. The summed E-state index contributed by atoms with van der Waals surface area (Å²) in [5.74, 6) is -1.50. The molecule has 0 spiro atoms. The molecule has 8 heteroatoms. The lowest BCUT2D eigenvalue weighted by molar-refractivity contribution is 0.101. The molecule has 0 saturated heterocycles. The van der Waals surface area contributed by atoms with Gasteiger partial charge in [0.05, 0.1) is 11.1 Å². The van der Waals surface area contributed by atoms with E-state index >= 15 is 0 Å². The van der Waals surface area contributed by atoms with Crippen LogP contribution in [0.2, 0.25) is 0 Å². The minimum atomic E-state index is -0.463. The summed E-state index contributed by atoms with van der Waals surface area (Å²) in [6, 6.07) is 25.3. The first-order valence-corrected chi connectivity index (χ1v) is 10.6. The molecule has 0 aromatic heterocycles. The van der Waals surface area contributed by atoms with Crippen LogP contribution in [0.25, 0.3) is 0 Å². The number of nitrogens with one attached hydrogen (secondary N) is 3. The molecule has 174 valence electrons. The van der Waals surface area contributed by atoms with Crippen molar-refractivity contribution in [2.24, 2.45) is 0 Å². The third-order valence-corrected chi connectivity index (χ3v) is 5.10. The van der Waals surface area contributed by atoms with E-state index in [1.807, 2.05) is 0 Å². The Morgan fingerprint density at radius 2 is 0.800 bits per heavy atom. The van der Waals surface area contributed by atoms with Crippen LogP contribution in [0.5, 0.6) is 11.5 Å². The number of carbonyl (C=O) groups is 3. The standard InChI is InChI=1S/C27H21N3O5/c31-23-7-3-1-5-21(23)26(34)29-18-11-9-17(10-12-18)25(33)28-19-13-15-20(16-14-19)30-27(35)22-6-2-4-8-24(22)32/h1-16,31-32H,(H,28,33)(H,29,34)(H,30,35). The summed E-state index contributed by atoms with van der Waals surface area (Å²) in [7, 11) is 0. The van der Waals surface area contributed by atoms with Crippen molar-refractivity contribution in [2.45, 2.75) is 0 Å². The van der Waals surface area contributed by atoms with Gasteiger partial charge in [-0.15, -0.1) is 0 Å². The number of amides is 3. The molecule has 0 atom stereocenters. The van der Waals surface area contributed by atoms with Crippen molar-refractivity contribution in [3.8, 4) is 11.5 Å². The Morgan fingerprint density at radius 1 is 0.457 bits per heavy atom. The van der Waals surface area contributed by atoms with E-state index < -0.39 is 11.8 Å². The zero-order valence-electron chi connectivity index (χ0n) is 18.4. The summed E-state index contributed by atoms with van der Waals surface area (Å²) >= 11 is 0. The fourth-order valence-electron chi connectivity index (χ4n) is 3.27. The Hall–Kier alpha value is -5.11. The van der Waals surface area contributed by atoms with Crippen molar-refractivity contribution in [1.82, 2.24) is 0 Å². The quantitative estimate of drug-likeness (QED) is 0.277. The van der Waals surface area contributed by atoms with Crippen LogP contribution in [-0.2, 0) is 0 Å². The third-order valence-electron chi connectivity index (χ3n) is 5.10. The van der Waals surface area contributed by atoms with E-state index in [1.165, 1.54) is 24.3 Å². The zero-order valence-corrected chi connectivity index (χ0v) is 18.4. The lowest BCUT2D eigenvalue weighted by Crippen LogP contribution is -2.14. The molecule has 0 unspecified atom stereocenters. The van der Waals surface area contributed by atoms with Crippen molar-refractivity contribution in [3.63, 3.8) is 0 Å². The van der Waals surface area contributed by atoms with Gasteiger partial charge < -0.3 is 26.2 Å². The van der Waals surface area contributed by atoms with Gasteiger partial charge in [0.2, 0.25) is 0 Å². The second-order valence-corrected chi connectivity index (χ2v) is 7.55. The number of anilines is 3. The highest BCUT2D eigenvalue weighted by Crippen LogP contribution is 2.21. The van der Waals surface area contributed by atoms with Gasteiger partial charge in [-0.2, -0.15) is 0 Å². The SMILES string of the molecule is O=C(Nc1ccc(NC(=O)c2ccccc2O)cc1)c1ccc(NC(=O)c2ccccc2O)cc1. The topological polar surface area (TPSA) is 128 Å². The maximum Gasteiger partial charge on any atom is 0.259 e. The molecule has 0 aliphatic heterocycles. The average molecular weight is 467 g/mol. The van der Waals surface area contributed by atoms with Crippen LogP contribution in [0.4, 0.5) is 17.1 Å². The summed E-state index contributed by atoms with van der Waals surface area (Å²) in [5, 5.41) is 27.7. The lowest BCUT2D eigenvalue weighted by Gasteiger charge is -2.10. The Kier molecular flexibility index (Phi) is 6.73. The highest BCUT2D eigenvalue weighted by molar-refractivity contribution is 6.08. The van der Waals surface area contributed by atoms with Crippen LogP contribution >= 0.6 is 0 Å².